The van der Waals surface area contributed by atoms with Crippen molar-refractivity contribution >= 4 is 5.82 Å². The van der Waals surface area contributed by atoms with Crippen LogP contribution in [0.25, 0.3) is 0 Å². The molecule has 4 heteroatoms. The number of nitrogens with two attached hydrogens (primary N) is 1. The second kappa shape index (κ2) is 3.79. The van der Waals surface area contributed by atoms with E-state index < -0.39 is 0 Å². The predicted molar refractivity (Wildman–Crippen MR) is 48.2 cm³/mol. The van der Waals surface area contributed by atoms with E-state index in [-0.39, 0.29) is 0 Å². The number of hydrogen-bond acceptors (Lipinski definition) is 4. The summed E-state index contributed by atoms with van der Waals surface area (Å²) < 4.78 is 10.4. The third-order valence-corrected chi connectivity index (χ3v) is 2.32. The molecule has 0 aromatic carbocycles. The SMILES string of the molecule is Nc1cc(CC2CCCOC2)on1. The standard InChI is InChI=1S/C9H14N2O2/c10-9-5-8(13-11-9)4-7-2-1-3-12-6-7/h5,7H,1-4,6H2,(H2,10,11). The van der Waals surface area contributed by atoms with E-state index in [9.17, 15) is 0 Å². The lowest BCUT2D eigenvalue weighted by Crippen LogP contribution is -2.18. The van der Waals surface area contributed by atoms with Crippen molar-refractivity contribution in [3.8, 4) is 0 Å². The fraction of sp³-hybridized carbons (Fsp3) is 0.667. The first-order valence-corrected chi connectivity index (χ1v) is 4.63. The van der Waals surface area contributed by atoms with Crippen LogP contribution in [0.15, 0.2) is 10.6 Å². The van der Waals surface area contributed by atoms with Crippen molar-refractivity contribution in [1.82, 2.24) is 5.16 Å². The molecule has 2 rings (SSSR count). The van der Waals surface area contributed by atoms with Crippen molar-refractivity contribution in [3.05, 3.63) is 11.8 Å². The van der Waals surface area contributed by atoms with E-state index >= 15 is 0 Å². The van der Waals surface area contributed by atoms with E-state index in [4.69, 9.17) is 15.0 Å². The molecule has 1 aliphatic heterocycles. The van der Waals surface area contributed by atoms with Crippen LogP contribution in [0.3, 0.4) is 0 Å². The van der Waals surface area contributed by atoms with Crippen molar-refractivity contribution in [2.45, 2.75) is 19.3 Å². The first-order chi connectivity index (χ1) is 6.34. The van der Waals surface area contributed by atoms with E-state index in [0.717, 1.165) is 31.8 Å². The Hall–Kier alpha value is -1.03. The topological polar surface area (TPSA) is 61.3 Å². The Balaban J connectivity index is 1.89. The Morgan fingerprint density at radius 3 is 3.15 bits per heavy atom. The summed E-state index contributed by atoms with van der Waals surface area (Å²) in [5.41, 5.74) is 5.45. The normalized spacial score (nSPS) is 23.2. The molecule has 1 aromatic rings. The van der Waals surface area contributed by atoms with Crippen LogP contribution in [0.5, 0.6) is 0 Å². The zero-order chi connectivity index (χ0) is 9.10. The molecule has 1 fully saturated rings. The average molecular weight is 182 g/mol. The van der Waals surface area contributed by atoms with Gasteiger partial charge in [0.05, 0.1) is 0 Å². The number of hydrogen-bond donors (Lipinski definition) is 1. The molecule has 13 heavy (non-hydrogen) atoms. The molecule has 0 spiro atoms. The fourth-order valence-corrected chi connectivity index (χ4v) is 1.68. The van der Waals surface area contributed by atoms with E-state index in [1.165, 1.54) is 6.42 Å². The van der Waals surface area contributed by atoms with Crippen LogP contribution in [-0.2, 0) is 11.2 Å². The Kier molecular flexibility index (Phi) is 2.49. The molecule has 1 saturated heterocycles. The van der Waals surface area contributed by atoms with E-state index in [1.54, 1.807) is 6.07 Å². The van der Waals surface area contributed by atoms with Crippen LogP contribution in [-0.4, -0.2) is 18.4 Å². The Bertz CT molecular complexity index is 266. The van der Waals surface area contributed by atoms with Gasteiger partial charge in [-0.25, -0.2) is 0 Å². The number of nitrogen functional groups attached to an aromatic ring is 1. The molecule has 0 radical (unpaired) electrons. The summed E-state index contributed by atoms with van der Waals surface area (Å²) in [6.45, 7) is 1.73. The maximum Gasteiger partial charge on any atom is 0.167 e. The van der Waals surface area contributed by atoms with Gasteiger partial charge >= 0.3 is 0 Å². The number of aromatic nitrogens is 1. The lowest BCUT2D eigenvalue weighted by atomic mass is 9.97. The van der Waals surface area contributed by atoms with Gasteiger partial charge in [-0.15, -0.1) is 0 Å². The van der Waals surface area contributed by atoms with Crippen LogP contribution < -0.4 is 5.73 Å². The second-order valence-electron chi connectivity index (χ2n) is 3.51. The van der Waals surface area contributed by atoms with Gasteiger partial charge in [-0.1, -0.05) is 5.16 Å². The van der Waals surface area contributed by atoms with Crippen LogP contribution in [0.2, 0.25) is 0 Å². The Morgan fingerprint density at radius 1 is 1.62 bits per heavy atom. The maximum absolute atomic E-state index is 5.45. The first-order valence-electron chi connectivity index (χ1n) is 4.63. The molecule has 0 aliphatic carbocycles. The Morgan fingerprint density at radius 2 is 2.54 bits per heavy atom. The minimum atomic E-state index is 0.465. The summed E-state index contributed by atoms with van der Waals surface area (Å²) in [4.78, 5) is 0. The summed E-state index contributed by atoms with van der Waals surface area (Å²) >= 11 is 0. The first kappa shape index (κ1) is 8.56. The van der Waals surface area contributed by atoms with E-state index in [1.807, 2.05) is 0 Å². The molecule has 2 N–H and O–H groups in total. The molecule has 1 aliphatic rings. The molecule has 1 unspecified atom stereocenters. The molecule has 72 valence electrons. The highest BCUT2D eigenvalue weighted by Crippen LogP contribution is 2.19. The average Bonchev–Trinajstić information content (AvgIpc) is 2.53. The van der Waals surface area contributed by atoms with Crippen molar-refractivity contribution in [1.29, 1.82) is 0 Å². The zero-order valence-corrected chi connectivity index (χ0v) is 7.53. The monoisotopic (exact) mass is 182 g/mol. The van der Waals surface area contributed by atoms with E-state index in [2.05, 4.69) is 5.16 Å². The van der Waals surface area contributed by atoms with Gasteiger partial charge < -0.3 is 15.0 Å². The molecule has 0 saturated carbocycles. The van der Waals surface area contributed by atoms with Crippen molar-refractivity contribution in [2.75, 3.05) is 18.9 Å². The highest BCUT2D eigenvalue weighted by Gasteiger charge is 2.16. The minimum absolute atomic E-state index is 0.465. The van der Waals surface area contributed by atoms with Crippen molar-refractivity contribution < 1.29 is 9.26 Å². The highest BCUT2D eigenvalue weighted by molar-refractivity contribution is 5.26. The van der Waals surface area contributed by atoms with Crippen LogP contribution >= 0.6 is 0 Å². The molecule has 1 aromatic heterocycles. The zero-order valence-electron chi connectivity index (χ0n) is 7.53. The summed E-state index contributed by atoms with van der Waals surface area (Å²) in [5.74, 6) is 1.90. The van der Waals surface area contributed by atoms with E-state index in [0.29, 0.717) is 11.7 Å². The summed E-state index contributed by atoms with van der Waals surface area (Å²) in [6.07, 6.45) is 3.25. The maximum atomic E-state index is 5.45. The quantitative estimate of drug-likeness (QED) is 0.747. The van der Waals surface area contributed by atoms with Crippen molar-refractivity contribution in [3.63, 3.8) is 0 Å². The van der Waals surface area contributed by atoms with Gasteiger partial charge in [-0.3, -0.25) is 0 Å². The number of rotatable bonds is 2. The molecule has 4 nitrogen and oxygen atoms in total. The molecule has 0 amide bonds. The van der Waals surface area contributed by atoms with Gasteiger partial charge in [-0.2, -0.15) is 0 Å². The highest BCUT2D eigenvalue weighted by atomic mass is 16.5. The summed E-state index contributed by atoms with van der Waals surface area (Å²) in [6, 6.07) is 1.79. The molecule has 2 heterocycles. The number of nitrogens with zero attached hydrogens (tertiary/aromatic N) is 1. The van der Waals surface area contributed by atoms with Gasteiger partial charge in [-0.05, 0) is 18.8 Å². The Labute approximate surface area is 77.0 Å². The molecule has 1 atom stereocenters. The largest absolute Gasteiger partial charge is 0.381 e. The van der Waals surface area contributed by atoms with Crippen LogP contribution in [0, 0.1) is 5.92 Å². The van der Waals surface area contributed by atoms with Crippen LogP contribution in [0.1, 0.15) is 18.6 Å². The lowest BCUT2D eigenvalue weighted by Gasteiger charge is -2.20. The lowest BCUT2D eigenvalue weighted by molar-refractivity contribution is 0.0526. The number of ether oxygens (including phenoxy) is 1. The third kappa shape index (κ3) is 2.21. The second-order valence-corrected chi connectivity index (χ2v) is 3.51. The van der Waals surface area contributed by atoms with Gasteiger partial charge in [0, 0.05) is 25.7 Å². The minimum Gasteiger partial charge on any atom is -0.381 e. The van der Waals surface area contributed by atoms with Crippen LogP contribution in [0.4, 0.5) is 5.82 Å². The van der Waals surface area contributed by atoms with Gasteiger partial charge in [0.15, 0.2) is 5.82 Å². The molecular weight excluding hydrogens is 168 g/mol. The third-order valence-electron chi connectivity index (χ3n) is 2.32. The molecular formula is C9H14N2O2. The summed E-state index contributed by atoms with van der Waals surface area (Å²) in [5, 5.41) is 3.64. The summed E-state index contributed by atoms with van der Waals surface area (Å²) in [7, 11) is 0. The smallest absolute Gasteiger partial charge is 0.167 e. The van der Waals surface area contributed by atoms with Crippen molar-refractivity contribution in [2.24, 2.45) is 5.92 Å². The predicted octanol–water partition coefficient (Wildman–Crippen LogP) is 1.23. The van der Waals surface area contributed by atoms with Gasteiger partial charge in [0.2, 0.25) is 0 Å². The van der Waals surface area contributed by atoms with Gasteiger partial charge in [0.25, 0.3) is 0 Å². The number of anilines is 1. The fourth-order valence-electron chi connectivity index (χ4n) is 1.68. The van der Waals surface area contributed by atoms with Gasteiger partial charge in [0.1, 0.15) is 5.76 Å². The molecule has 0 bridgehead atoms.